The molecule has 1 fully saturated rings. The van der Waals surface area contributed by atoms with Crippen LogP contribution < -0.4 is 5.32 Å². The third kappa shape index (κ3) is 3.46. The second-order valence-corrected chi connectivity index (χ2v) is 5.04. The van der Waals surface area contributed by atoms with E-state index in [1.54, 1.807) is 0 Å². The van der Waals surface area contributed by atoms with Gasteiger partial charge in [0.25, 0.3) is 0 Å². The number of nitrogens with zero attached hydrogens (tertiary/aromatic N) is 3. The molecule has 0 unspecified atom stereocenters. The highest BCUT2D eigenvalue weighted by Crippen LogP contribution is 2.24. The summed E-state index contributed by atoms with van der Waals surface area (Å²) in [5.74, 6) is 1.02. The number of hydrogen-bond acceptors (Lipinski definition) is 3. The van der Waals surface area contributed by atoms with Crippen molar-refractivity contribution in [3.05, 3.63) is 11.9 Å². The third-order valence-corrected chi connectivity index (χ3v) is 3.28. The number of imidazole rings is 1. The largest absolute Gasteiger partial charge is 0.354 e. The average Bonchev–Trinajstić information content (AvgIpc) is 3.06. The second kappa shape index (κ2) is 5.54. The van der Waals surface area contributed by atoms with E-state index in [9.17, 15) is 0 Å². The number of likely N-dealkylation sites (N-methyl/N-ethyl adjacent to an activating group) is 1. The molecule has 2 rings (SSSR count). The van der Waals surface area contributed by atoms with Gasteiger partial charge in [0.2, 0.25) is 5.95 Å². The maximum absolute atomic E-state index is 4.52. The van der Waals surface area contributed by atoms with Crippen LogP contribution in [-0.2, 0) is 6.54 Å². The Morgan fingerprint density at radius 1 is 1.53 bits per heavy atom. The summed E-state index contributed by atoms with van der Waals surface area (Å²) in [6, 6.07) is 0.842. The molecule has 1 saturated carbocycles. The fourth-order valence-electron chi connectivity index (χ4n) is 2.14. The summed E-state index contributed by atoms with van der Waals surface area (Å²) < 4.78 is 2.21. The molecule has 0 bridgehead atoms. The van der Waals surface area contributed by atoms with Crippen molar-refractivity contribution in [2.75, 3.05) is 25.5 Å². The fraction of sp³-hybridized carbons (Fsp3) is 0.769. The van der Waals surface area contributed by atoms with Gasteiger partial charge in [0, 0.05) is 31.9 Å². The summed E-state index contributed by atoms with van der Waals surface area (Å²) in [5, 5.41) is 3.44. The Labute approximate surface area is 104 Å². The molecule has 0 aromatic carbocycles. The van der Waals surface area contributed by atoms with Crippen LogP contribution >= 0.6 is 0 Å². The lowest BCUT2D eigenvalue weighted by Crippen LogP contribution is -2.27. The predicted molar refractivity (Wildman–Crippen MR) is 71.4 cm³/mol. The van der Waals surface area contributed by atoms with E-state index in [1.165, 1.54) is 12.8 Å². The van der Waals surface area contributed by atoms with Crippen LogP contribution in [0.2, 0.25) is 0 Å². The molecular weight excluding hydrogens is 212 g/mol. The molecular formula is C13H24N4. The van der Waals surface area contributed by atoms with Gasteiger partial charge in [-0.05, 0) is 33.2 Å². The maximum Gasteiger partial charge on any atom is 0.203 e. The van der Waals surface area contributed by atoms with E-state index in [-0.39, 0.29) is 0 Å². The van der Waals surface area contributed by atoms with E-state index in [0.29, 0.717) is 0 Å². The van der Waals surface area contributed by atoms with Gasteiger partial charge in [0.15, 0.2) is 0 Å². The summed E-state index contributed by atoms with van der Waals surface area (Å²) in [5.41, 5.74) is 1.09. The quantitative estimate of drug-likeness (QED) is 0.787. The Bertz CT molecular complexity index is 354. The lowest BCUT2D eigenvalue weighted by Gasteiger charge is -2.16. The summed E-state index contributed by atoms with van der Waals surface area (Å²) in [6.45, 7) is 7.37. The van der Waals surface area contributed by atoms with Crippen molar-refractivity contribution in [3.8, 4) is 0 Å². The van der Waals surface area contributed by atoms with Crippen LogP contribution in [0.25, 0.3) is 0 Å². The highest BCUT2D eigenvalue weighted by atomic mass is 15.2. The highest BCUT2D eigenvalue weighted by Gasteiger charge is 2.25. The molecule has 1 aliphatic rings. The average molecular weight is 236 g/mol. The van der Waals surface area contributed by atoms with Crippen molar-refractivity contribution in [2.24, 2.45) is 0 Å². The maximum atomic E-state index is 4.52. The molecule has 1 aliphatic carbocycles. The minimum atomic E-state index is 0.842. The molecule has 0 aliphatic heterocycles. The van der Waals surface area contributed by atoms with Gasteiger partial charge in [-0.25, -0.2) is 4.98 Å². The molecule has 0 radical (unpaired) electrons. The Balaban J connectivity index is 1.80. The fourth-order valence-corrected chi connectivity index (χ4v) is 2.14. The highest BCUT2D eigenvalue weighted by molar-refractivity contribution is 5.28. The summed E-state index contributed by atoms with van der Waals surface area (Å²) in [4.78, 5) is 6.96. The van der Waals surface area contributed by atoms with Gasteiger partial charge < -0.3 is 14.8 Å². The molecule has 1 aromatic heterocycles. The van der Waals surface area contributed by atoms with Crippen LogP contribution in [0.5, 0.6) is 0 Å². The van der Waals surface area contributed by atoms with Crippen molar-refractivity contribution in [1.29, 1.82) is 0 Å². The molecule has 0 atom stereocenters. The first kappa shape index (κ1) is 12.4. The number of rotatable bonds is 7. The molecule has 1 aromatic rings. The number of hydrogen-bond donors (Lipinski definition) is 1. The molecule has 0 saturated heterocycles. The van der Waals surface area contributed by atoms with Gasteiger partial charge in [0.1, 0.15) is 0 Å². The Morgan fingerprint density at radius 2 is 2.29 bits per heavy atom. The van der Waals surface area contributed by atoms with Crippen molar-refractivity contribution < 1.29 is 0 Å². The first-order valence-electron chi connectivity index (χ1n) is 6.68. The topological polar surface area (TPSA) is 33.1 Å². The normalized spacial score (nSPS) is 15.5. The zero-order chi connectivity index (χ0) is 12.3. The predicted octanol–water partition coefficient (Wildman–Crippen LogP) is 2.11. The molecule has 1 N–H and O–H groups in total. The Hall–Kier alpha value is -1.03. The van der Waals surface area contributed by atoms with Gasteiger partial charge in [-0.2, -0.15) is 0 Å². The molecule has 0 amide bonds. The lowest BCUT2D eigenvalue weighted by atomic mass is 10.4. The molecule has 4 nitrogen and oxygen atoms in total. The number of anilines is 1. The van der Waals surface area contributed by atoms with Crippen LogP contribution in [0, 0.1) is 6.92 Å². The van der Waals surface area contributed by atoms with Crippen molar-refractivity contribution in [2.45, 2.75) is 45.7 Å². The van der Waals surface area contributed by atoms with Crippen molar-refractivity contribution >= 4 is 5.95 Å². The zero-order valence-electron chi connectivity index (χ0n) is 11.2. The van der Waals surface area contributed by atoms with E-state index in [0.717, 1.165) is 43.7 Å². The summed E-state index contributed by atoms with van der Waals surface area (Å²) in [6.07, 6.45) is 6.02. The first-order valence-corrected chi connectivity index (χ1v) is 6.68. The van der Waals surface area contributed by atoms with Crippen LogP contribution in [0.3, 0.4) is 0 Å². The van der Waals surface area contributed by atoms with E-state index in [2.05, 4.69) is 39.9 Å². The zero-order valence-corrected chi connectivity index (χ0v) is 11.2. The van der Waals surface area contributed by atoms with Gasteiger partial charge in [-0.1, -0.05) is 6.92 Å². The minimum Gasteiger partial charge on any atom is -0.354 e. The molecule has 17 heavy (non-hydrogen) atoms. The Kier molecular flexibility index (Phi) is 4.05. The van der Waals surface area contributed by atoms with Crippen molar-refractivity contribution in [3.63, 3.8) is 0 Å². The summed E-state index contributed by atoms with van der Waals surface area (Å²) in [7, 11) is 2.21. The van der Waals surface area contributed by atoms with Gasteiger partial charge in [-0.3, -0.25) is 0 Å². The van der Waals surface area contributed by atoms with Crippen LogP contribution in [0.15, 0.2) is 6.20 Å². The van der Waals surface area contributed by atoms with Crippen LogP contribution in [0.1, 0.15) is 31.9 Å². The number of aryl methyl sites for hydroxylation is 2. The number of nitrogens with one attached hydrogen (secondary N) is 1. The number of aromatic nitrogens is 2. The third-order valence-electron chi connectivity index (χ3n) is 3.28. The molecule has 96 valence electrons. The monoisotopic (exact) mass is 236 g/mol. The second-order valence-electron chi connectivity index (χ2n) is 5.04. The molecule has 0 spiro atoms. The minimum absolute atomic E-state index is 0.842. The lowest BCUT2D eigenvalue weighted by molar-refractivity contribution is 0.337. The van der Waals surface area contributed by atoms with E-state index in [1.807, 2.05) is 6.92 Å². The van der Waals surface area contributed by atoms with Gasteiger partial charge >= 0.3 is 0 Å². The molecule has 4 heteroatoms. The summed E-state index contributed by atoms with van der Waals surface area (Å²) >= 11 is 0. The van der Waals surface area contributed by atoms with Crippen molar-refractivity contribution in [1.82, 2.24) is 14.5 Å². The van der Waals surface area contributed by atoms with E-state index in [4.69, 9.17) is 0 Å². The van der Waals surface area contributed by atoms with E-state index >= 15 is 0 Å². The standard InChI is InChI=1S/C13H24N4/c1-4-8-17-10-11(2)15-13(17)14-7-9-16(3)12-5-6-12/h10,12H,4-9H2,1-3H3,(H,14,15). The molecule has 1 heterocycles. The Morgan fingerprint density at radius 3 is 2.94 bits per heavy atom. The van der Waals surface area contributed by atoms with Gasteiger partial charge in [0.05, 0.1) is 5.69 Å². The SMILES string of the molecule is CCCn1cc(C)nc1NCCN(C)C1CC1. The van der Waals surface area contributed by atoms with Gasteiger partial charge in [-0.15, -0.1) is 0 Å². The van der Waals surface area contributed by atoms with Crippen LogP contribution in [0.4, 0.5) is 5.95 Å². The van der Waals surface area contributed by atoms with Crippen LogP contribution in [-0.4, -0.2) is 40.6 Å². The van der Waals surface area contributed by atoms with E-state index < -0.39 is 0 Å². The smallest absolute Gasteiger partial charge is 0.203 e. The first-order chi connectivity index (χ1) is 8.20.